The van der Waals surface area contributed by atoms with Crippen LogP contribution in [-0.4, -0.2) is 0 Å². The van der Waals surface area contributed by atoms with Crippen LogP contribution in [0.4, 0.5) is 17.1 Å². The van der Waals surface area contributed by atoms with E-state index in [-0.39, 0.29) is 0 Å². The van der Waals surface area contributed by atoms with Crippen molar-refractivity contribution in [2.75, 3.05) is 4.90 Å². The Morgan fingerprint density at radius 1 is 0.268 bits per heavy atom. The summed E-state index contributed by atoms with van der Waals surface area (Å²) in [4.78, 5) is 2.48. The topological polar surface area (TPSA) is 3.24 Å². The van der Waals surface area contributed by atoms with E-state index in [9.17, 15) is 0 Å². The Bertz CT molecular complexity index is 3080. The summed E-state index contributed by atoms with van der Waals surface area (Å²) in [6, 6.07) is 78.0. The average molecular weight is 730 g/mol. The van der Waals surface area contributed by atoms with Crippen molar-refractivity contribution < 1.29 is 0 Å². The first-order valence-electron chi connectivity index (χ1n) is 19.2. The quantitative estimate of drug-likeness (QED) is 0.170. The summed E-state index contributed by atoms with van der Waals surface area (Å²) >= 11 is 1.86. The minimum Gasteiger partial charge on any atom is -0.310 e. The van der Waals surface area contributed by atoms with Gasteiger partial charge in [-0.05, 0) is 110 Å². The molecule has 0 N–H and O–H groups in total. The molecular weight excluding hydrogens is 695 g/mol. The van der Waals surface area contributed by atoms with E-state index < -0.39 is 0 Å². The van der Waals surface area contributed by atoms with E-state index in [1.165, 1.54) is 86.9 Å². The molecule has 0 amide bonds. The van der Waals surface area contributed by atoms with Crippen molar-refractivity contribution in [2.45, 2.75) is 0 Å². The summed E-state index contributed by atoms with van der Waals surface area (Å²) < 4.78 is 2.60. The molecular formula is C54H35NS. The number of hydrogen-bond donors (Lipinski definition) is 0. The van der Waals surface area contributed by atoms with Crippen LogP contribution < -0.4 is 4.90 Å². The van der Waals surface area contributed by atoms with E-state index in [4.69, 9.17) is 0 Å². The summed E-state index contributed by atoms with van der Waals surface area (Å²) in [6.45, 7) is 0. The molecule has 1 nitrogen and oxygen atoms in total. The standard InChI is InChI=1S/C54H35NS/c1-3-15-36(16-4-1)38-27-31-52(49(33-38)37-17-5-2-6-18-37)55(40-29-32-54-51(35-40)48-25-13-14-26-53(48)56-54)39-28-30-47-45-23-10-9-21-43(45)41-19-7-8-20-42(41)44-22-11-12-24-46(44)50(47)34-39/h1-35H. The molecule has 0 atom stereocenters. The molecule has 1 aromatic heterocycles. The van der Waals surface area contributed by atoms with E-state index >= 15 is 0 Å². The van der Waals surface area contributed by atoms with Gasteiger partial charge in [-0.2, -0.15) is 0 Å². The van der Waals surface area contributed by atoms with E-state index in [0.29, 0.717) is 0 Å². The van der Waals surface area contributed by atoms with Crippen LogP contribution in [0.25, 0.3) is 86.9 Å². The molecule has 0 unspecified atom stereocenters. The minimum absolute atomic E-state index is 1.11. The zero-order valence-electron chi connectivity index (χ0n) is 30.6. The normalized spacial score (nSPS) is 11.6. The van der Waals surface area contributed by atoms with Gasteiger partial charge in [-0.15, -0.1) is 11.3 Å². The van der Waals surface area contributed by atoms with E-state index in [1.54, 1.807) is 0 Å². The van der Waals surface area contributed by atoms with Crippen molar-refractivity contribution in [3.63, 3.8) is 0 Å². The highest BCUT2D eigenvalue weighted by Crippen LogP contribution is 2.51. The van der Waals surface area contributed by atoms with Crippen molar-refractivity contribution in [1.82, 2.24) is 0 Å². The highest BCUT2D eigenvalue weighted by Gasteiger charge is 2.25. The maximum Gasteiger partial charge on any atom is 0.0540 e. The molecule has 262 valence electrons. The number of hydrogen-bond acceptors (Lipinski definition) is 2. The van der Waals surface area contributed by atoms with Gasteiger partial charge in [0.1, 0.15) is 0 Å². The number of fused-ring (bicyclic) bond motifs is 11. The monoisotopic (exact) mass is 729 g/mol. The van der Waals surface area contributed by atoms with Crippen molar-refractivity contribution in [2.24, 2.45) is 0 Å². The molecule has 0 saturated heterocycles. The molecule has 0 radical (unpaired) electrons. The van der Waals surface area contributed by atoms with E-state index in [0.717, 1.165) is 17.1 Å². The van der Waals surface area contributed by atoms with Crippen LogP contribution >= 0.6 is 11.3 Å². The highest BCUT2D eigenvalue weighted by molar-refractivity contribution is 7.25. The van der Waals surface area contributed by atoms with Gasteiger partial charge in [0.2, 0.25) is 0 Å². The SMILES string of the molecule is c1ccc(-c2ccc(N(c3ccc4c(c3)-c3ccccc3-c3ccccc3-c3ccccc3-4)c3ccc4sc5ccccc5c4c3)c(-c3ccccc3)c2)cc1. The molecule has 0 fully saturated rings. The number of thiophene rings is 1. The van der Waals surface area contributed by atoms with Gasteiger partial charge in [0, 0.05) is 37.1 Å². The second kappa shape index (κ2) is 13.4. The van der Waals surface area contributed by atoms with Gasteiger partial charge in [0.15, 0.2) is 0 Å². The fourth-order valence-corrected chi connectivity index (χ4v) is 9.74. The average Bonchev–Trinajstić information content (AvgIpc) is 3.65. The predicted molar refractivity (Wildman–Crippen MR) is 240 cm³/mol. The molecule has 10 aromatic rings. The number of benzene rings is 9. The van der Waals surface area contributed by atoms with Crippen LogP contribution in [0.3, 0.4) is 0 Å². The molecule has 1 aliphatic rings. The Hall–Kier alpha value is -7.00. The van der Waals surface area contributed by atoms with Gasteiger partial charge in [-0.25, -0.2) is 0 Å². The van der Waals surface area contributed by atoms with E-state index in [2.05, 4.69) is 217 Å². The largest absolute Gasteiger partial charge is 0.310 e. The molecule has 1 aliphatic carbocycles. The second-order valence-corrected chi connectivity index (χ2v) is 15.5. The summed E-state index contributed by atoms with van der Waals surface area (Å²) in [6.07, 6.45) is 0. The fourth-order valence-electron chi connectivity index (χ4n) is 8.66. The zero-order valence-corrected chi connectivity index (χ0v) is 31.4. The van der Waals surface area contributed by atoms with Gasteiger partial charge < -0.3 is 4.90 Å². The van der Waals surface area contributed by atoms with Crippen molar-refractivity contribution in [1.29, 1.82) is 0 Å². The summed E-state index contributed by atoms with van der Waals surface area (Å²) in [7, 11) is 0. The third kappa shape index (κ3) is 5.38. The van der Waals surface area contributed by atoms with Crippen LogP contribution in [0.15, 0.2) is 212 Å². The van der Waals surface area contributed by atoms with Gasteiger partial charge in [-0.3, -0.25) is 0 Å². The lowest BCUT2D eigenvalue weighted by Gasteiger charge is -2.30. The first-order valence-corrected chi connectivity index (χ1v) is 20.0. The number of rotatable bonds is 5. The predicted octanol–water partition coefficient (Wildman–Crippen LogP) is 15.8. The third-order valence-corrected chi connectivity index (χ3v) is 12.4. The number of nitrogens with zero attached hydrogens (tertiary/aromatic N) is 1. The van der Waals surface area contributed by atoms with E-state index in [1.807, 2.05) is 11.3 Å². The Morgan fingerprint density at radius 2 is 0.750 bits per heavy atom. The molecule has 0 saturated carbocycles. The Kier molecular flexibility index (Phi) is 7.75. The van der Waals surface area contributed by atoms with Crippen LogP contribution in [0, 0.1) is 0 Å². The van der Waals surface area contributed by atoms with Crippen molar-refractivity contribution in [3.8, 4) is 66.8 Å². The first-order chi connectivity index (χ1) is 27.8. The zero-order chi connectivity index (χ0) is 37.0. The molecule has 1 heterocycles. The summed E-state index contributed by atoms with van der Waals surface area (Å²) in [5, 5.41) is 2.57. The van der Waals surface area contributed by atoms with Crippen LogP contribution in [0.5, 0.6) is 0 Å². The fraction of sp³-hybridized carbons (Fsp3) is 0. The Labute approximate surface area is 331 Å². The van der Waals surface area contributed by atoms with Crippen LogP contribution in [-0.2, 0) is 0 Å². The summed E-state index contributed by atoms with van der Waals surface area (Å²) in [5.41, 5.74) is 18.0. The summed E-state index contributed by atoms with van der Waals surface area (Å²) in [5.74, 6) is 0. The molecule has 56 heavy (non-hydrogen) atoms. The lowest BCUT2D eigenvalue weighted by atomic mass is 9.81. The molecule has 11 rings (SSSR count). The second-order valence-electron chi connectivity index (χ2n) is 14.4. The van der Waals surface area contributed by atoms with Gasteiger partial charge >= 0.3 is 0 Å². The molecule has 9 aromatic carbocycles. The van der Waals surface area contributed by atoms with Crippen molar-refractivity contribution >= 4 is 48.6 Å². The highest BCUT2D eigenvalue weighted by atomic mass is 32.1. The van der Waals surface area contributed by atoms with Gasteiger partial charge in [0.25, 0.3) is 0 Å². The molecule has 0 bridgehead atoms. The van der Waals surface area contributed by atoms with Gasteiger partial charge in [0.05, 0.1) is 5.69 Å². The van der Waals surface area contributed by atoms with Crippen LogP contribution in [0.1, 0.15) is 0 Å². The maximum atomic E-state index is 2.48. The smallest absolute Gasteiger partial charge is 0.0540 e. The minimum atomic E-state index is 1.11. The first kappa shape index (κ1) is 32.4. The lowest BCUT2D eigenvalue weighted by molar-refractivity contribution is 1.29. The molecule has 0 spiro atoms. The molecule has 2 heteroatoms. The Morgan fingerprint density at radius 3 is 1.39 bits per heavy atom. The third-order valence-electron chi connectivity index (χ3n) is 11.3. The van der Waals surface area contributed by atoms with Crippen LogP contribution in [0.2, 0.25) is 0 Å². The Balaban J connectivity index is 1.20. The van der Waals surface area contributed by atoms with Crippen molar-refractivity contribution in [3.05, 3.63) is 212 Å². The maximum absolute atomic E-state index is 2.48. The number of anilines is 3. The molecule has 0 aliphatic heterocycles. The van der Waals surface area contributed by atoms with Gasteiger partial charge in [-0.1, -0.05) is 164 Å². The lowest BCUT2D eigenvalue weighted by Crippen LogP contribution is -2.12.